The number of rotatable bonds is 8. The Bertz CT molecular complexity index is 422. The molecule has 1 aromatic heterocycles. The van der Waals surface area contributed by atoms with Gasteiger partial charge in [0.2, 0.25) is 0 Å². The number of carbonyl (C=O) groups is 2. The number of furan rings is 1. The summed E-state index contributed by atoms with van der Waals surface area (Å²) in [6, 6.07) is 2.27. The Morgan fingerprint density at radius 3 is 2.80 bits per heavy atom. The van der Waals surface area contributed by atoms with Crippen molar-refractivity contribution in [2.45, 2.75) is 25.9 Å². The molecule has 20 heavy (non-hydrogen) atoms. The second-order valence-corrected chi connectivity index (χ2v) is 5.20. The van der Waals surface area contributed by atoms with Gasteiger partial charge in [0.1, 0.15) is 11.8 Å². The van der Waals surface area contributed by atoms with Gasteiger partial charge in [-0.2, -0.15) is 11.8 Å². The Labute approximate surface area is 122 Å². The van der Waals surface area contributed by atoms with Gasteiger partial charge < -0.3 is 19.7 Å². The lowest BCUT2D eigenvalue weighted by atomic mass is 10.2. The van der Waals surface area contributed by atoms with E-state index >= 15 is 0 Å². The quantitative estimate of drug-likeness (QED) is 0.767. The van der Waals surface area contributed by atoms with Crippen molar-refractivity contribution in [1.82, 2.24) is 10.2 Å². The molecule has 1 aromatic rings. The maximum absolute atomic E-state index is 12.1. The van der Waals surface area contributed by atoms with Crippen molar-refractivity contribution in [3.8, 4) is 0 Å². The molecule has 0 spiro atoms. The molecule has 0 fully saturated rings. The molecule has 0 aliphatic carbocycles. The number of carboxylic acids is 1. The van der Waals surface area contributed by atoms with Crippen molar-refractivity contribution in [3.63, 3.8) is 0 Å². The maximum atomic E-state index is 12.1. The van der Waals surface area contributed by atoms with Gasteiger partial charge in [-0.05, 0) is 37.5 Å². The monoisotopic (exact) mass is 300 g/mol. The first-order chi connectivity index (χ1) is 9.58. The van der Waals surface area contributed by atoms with Crippen molar-refractivity contribution in [3.05, 3.63) is 24.2 Å². The van der Waals surface area contributed by atoms with Gasteiger partial charge >= 0.3 is 12.0 Å². The minimum Gasteiger partial charge on any atom is -0.480 e. The Morgan fingerprint density at radius 1 is 1.55 bits per heavy atom. The first kappa shape index (κ1) is 16.4. The highest BCUT2D eigenvalue weighted by Crippen LogP contribution is 2.07. The number of amides is 2. The number of nitrogens with one attached hydrogen (secondary N) is 1. The van der Waals surface area contributed by atoms with Gasteiger partial charge in [0, 0.05) is 6.54 Å². The predicted molar refractivity (Wildman–Crippen MR) is 77.7 cm³/mol. The second-order valence-electron chi connectivity index (χ2n) is 4.22. The zero-order valence-corrected chi connectivity index (χ0v) is 12.5. The molecule has 2 amide bonds. The molecule has 1 heterocycles. The average molecular weight is 300 g/mol. The van der Waals surface area contributed by atoms with Gasteiger partial charge in [-0.15, -0.1) is 0 Å². The van der Waals surface area contributed by atoms with Crippen molar-refractivity contribution >= 4 is 23.8 Å². The summed E-state index contributed by atoms with van der Waals surface area (Å²) in [5, 5.41) is 11.6. The van der Waals surface area contributed by atoms with E-state index in [-0.39, 0.29) is 0 Å². The summed E-state index contributed by atoms with van der Waals surface area (Å²) in [6.45, 7) is 2.63. The number of urea groups is 1. The van der Waals surface area contributed by atoms with Crippen LogP contribution in [0.15, 0.2) is 22.8 Å². The summed E-state index contributed by atoms with van der Waals surface area (Å²) in [6.07, 6.45) is 3.84. The summed E-state index contributed by atoms with van der Waals surface area (Å²) < 4.78 is 5.19. The zero-order valence-electron chi connectivity index (χ0n) is 11.7. The minimum atomic E-state index is -1.01. The molecule has 0 saturated heterocycles. The largest absolute Gasteiger partial charge is 0.480 e. The number of thioether (sulfide) groups is 1. The van der Waals surface area contributed by atoms with Gasteiger partial charge in [-0.1, -0.05) is 0 Å². The van der Waals surface area contributed by atoms with Gasteiger partial charge in [-0.3, -0.25) is 0 Å². The lowest BCUT2D eigenvalue weighted by Gasteiger charge is -2.23. The fourth-order valence-corrected chi connectivity index (χ4v) is 2.12. The molecule has 0 aromatic carbocycles. The van der Waals surface area contributed by atoms with E-state index in [4.69, 9.17) is 9.52 Å². The Balaban J connectivity index is 2.58. The van der Waals surface area contributed by atoms with E-state index in [2.05, 4.69) is 5.32 Å². The smallest absolute Gasteiger partial charge is 0.326 e. The molecule has 6 nitrogen and oxygen atoms in total. The lowest BCUT2D eigenvalue weighted by molar-refractivity contribution is -0.139. The van der Waals surface area contributed by atoms with Crippen LogP contribution in [0.1, 0.15) is 19.1 Å². The molecule has 1 rings (SSSR count). The predicted octanol–water partition coefficient (Wildman–Crippen LogP) is 2.02. The van der Waals surface area contributed by atoms with E-state index < -0.39 is 18.0 Å². The van der Waals surface area contributed by atoms with Crippen LogP contribution < -0.4 is 5.32 Å². The van der Waals surface area contributed by atoms with Gasteiger partial charge in [-0.25, -0.2) is 9.59 Å². The van der Waals surface area contributed by atoms with Crippen LogP contribution in [0.2, 0.25) is 0 Å². The zero-order chi connectivity index (χ0) is 15.0. The van der Waals surface area contributed by atoms with Crippen LogP contribution >= 0.6 is 11.8 Å². The van der Waals surface area contributed by atoms with Crippen LogP contribution in [-0.2, 0) is 11.3 Å². The third kappa shape index (κ3) is 5.16. The Hall–Kier alpha value is -1.63. The maximum Gasteiger partial charge on any atom is 0.326 e. The molecular formula is C13H20N2O4S. The van der Waals surface area contributed by atoms with Crippen molar-refractivity contribution in [2.24, 2.45) is 0 Å². The molecule has 0 bridgehead atoms. The molecule has 112 valence electrons. The number of carboxylic acid groups (broad SMARTS) is 1. The highest BCUT2D eigenvalue weighted by atomic mass is 32.2. The molecule has 0 aliphatic heterocycles. The molecule has 0 radical (unpaired) electrons. The normalized spacial score (nSPS) is 11.9. The molecule has 0 saturated carbocycles. The third-order valence-corrected chi connectivity index (χ3v) is 3.45. The summed E-state index contributed by atoms with van der Waals surface area (Å²) in [5.41, 5.74) is 0. The molecule has 0 aliphatic rings. The fourth-order valence-electron chi connectivity index (χ4n) is 1.65. The van der Waals surface area contributed by atoms with E-state index in [1.165, 1.54) is 4.90 Å². The summed E-state index contributed by atoms with van der Waals surface area (Å²) >= 11 is 1.55. The molecular weight excluding hydrogens is 280 g/mol. The highest BCUT2D eigenvalue weighted by Gasteiger charge is 2.22. The Morgan fingerprint density at radius 2 is 2.30 bits per heavy atom. The van der Waals surface area contributed by atoms with E-state index in [0.29, 0.717) is 31.0 Å². The van der Waals surface area contributed by atoms with Crippen molar-refractivity contribution in [1.29, 1.82) is 0 Å². The van der Waals surface area contributed by atoms with Crippen LogP contribution in [-0.4, -0.2) is 46.6 Å². The highest BCUT2D eigenvalue weighted by molar-refractivity contribution is 7.98. The van der Waals surface area contributed by atoms with Crippen LogP contribution in [0.25, 0.3) is 0 Å². The summed E-state index contributed by atoms with van der Waals surface area (Å²) in [7, 11) is 0. The topological polar surface area (TPSA) is 82.8 Å². The Kier molecular flexibility index (Phi) is 7.00. The van der Waals surface area contributed by atoms with Crippen LogP contribution in [0.5, 0.6) is 0 Å². The van der Waals surface area contributed by atoms with Crippen molar-refractivity contribution in [2.75, 3.05) is 18.6 Å². The number of hydrogen-bond donors (Lipinski definition) is 2. The average Bonchev–Trinajstić information content (AvgIpc) is 2.93. The van der Waals surface area contributed by atoms with Gasteiger partial charge in [0.05, 0.1) is 12.8 Å². The fraction of sp³-hybridized carbons (Fsp3) is 0.538. The third-order valence-electron chi connectivity index (χ3n) is 2.80. The van der Waals surface area contributed by atoms with Crippen molar-refractivity contribution < 1.29 is 19.1 Å². The lowest BCUT2D eigenvalue weighted by Crippen LogP contribution is -2.47. The minimum absolute atomic E-state index is 0.324. The summed E-state index contributed by atoms with van der Waals surface area (Å²) in [4.78, 5) is 24.7. The molecule has 0 unspecified atom stereocenters. The first-order valence-electron chi connectivity index (χ1n) is 6.38. The summed E-state index contributed by atoms with van der Waals surface area (Å²) in [5.74, 6) is 0.334. The van der Waals surface area contributed by atoms with Gasteiger partial charge in [0.25, 0.3) is 0 Å². The standard InChI is InChI=1S/C13H20N2O4S/c1-3-15(9-10-5-4-7-19-10)13(18)14-11(12(16)17)6-8-20-2/h4-5,7,11H,3,6,8-9H2,1-2H3,(H,14,18)(H,16,17)/t11-/m1/s1. The second kappa shape index (κ2) is 8.52. The first-order valence-corrected chi connectivity index (χ1v) is 7.77. The van der Waals surface area contributed by atoms with Crippen LogP contribution in [0, 0.1) is 0 Å². The number of aliphatic carboxylic acids is 1. The van der Waals surface area contributed by atoms with E-state index in [1.807, 2.05) is 13.2 Å². The van der Waals surface area contributed by atoms with E-state index in [0.717, 1.165) is 0 Å². The van der Waals surface area contributed by atoms with Gasteiger partial charge in [0.15, 0.2) is 0 Å². The molecule has 7 heteroatoms. The number of carbonyl (C=O) groups excluding carboxylic acids is 1. The van der Waals surface area contributed by atoms with E-state index in [1.54, 1.807) is 30.2 Å². The van der Waals surface area contributed by atoms with Crippen LogP contribution in [0.4, 0.5) is 4.79 Å². The number of hydrogen-bond acceptors (Lipinski definition) is 4. The van der Waals surface area contributed by atoms with Crippen LogP contribution in [0.3, 0.4) is 0 Å². The molecule has 1 atom stereocenters. The number of nitrogens with zero attached hydrogens (tertiary/aromatic N) is 1. The molecule has 2 N–H and O–H groups in total. The SMILES string of the molecule is CCN(Cc1ccco1)C(=O)N[C@H](CCSC)C(=O)O. The van der Waals surface area contributed by atoms with E-state index in [9.17, 15) is 9.59 Å².